The van der Waals surface area contributed by atoms with Gasteiger partial charge in [-0.3, -0.25) is 0 Å². The summed E-state index contributed by atoms with van der Waals surface area (Å²) in [5.41, 5.74) is 7.87. The lowest BCUT2D eigenvalue weighted by Gasteiger charge is -2.19. The van der Waals surface area contributed by atoms with E-state index in [9.17, 15) is 4.39 Å². The van der Waals surface area contributed by atoms with E-state index in [1.807, 2.05) is 0 Å². The lowest BCUT2D eigenvalue weighted by atomic mass is 9.87. The number of halogens is 1. The normalized spacial score (nSPS) is 11.6. The van der Waals surface area contributed by atoms with Gasteiger partial charge in [-0.2, -0.15) is 0 Å². The molecule has 2 N–H and O–H groups in total. The molecule has 0 aliphatic heterocycles. The monoisotopic (exact) mass is 275 g/mol. The van der Waals surface area contributed by atoms with E-state index >= 15 is 0 Å². The zero-order valence-electron chi connectivity index (χ0n) is 11.4. The van der Waals surface area contributed by atoms with E-state index in [0.717, 1.165) is 9.79 Å². The summed E-state index contributed by atoms with van der Waals surface area (Å²) in [6.07, 6.45) is 0. The lowest BCUT2D eigenvalue weighted by Crippen LogP contribution is -2.10. The van der Waals surface area contributed by atoms with Gasteiger partial charge in [-0.15, -0.1) is 0 Å². The third kappa shape index (κ3) is 3.51. The number of hydrogen-bond acceptors (Lipinski definition) is 2. The van der Waals surface area contributed by atoms with Gasteiger partial charge in [-0.05, 0) is 41.3 Å². The maximum atomic E-state index is 13.2. The standard InChI is InChI=1S/C16H18FNS/c1-16(2,3)11-4-7-13(8-5-11)19-15-10-12(17)6-9-14(15)18/h4-10H,18H2,1-3H3. The SMILES string of the molecule is CC(C)(C)c1ccc(Sc2cc(F)ccc2N)cc1. The first-order chi connectivity index (χ1) is 8.86. The Kier molecular flexibility index (Phi) is 3.85. The summed E-state index contributed by atoms with van der Waals surface area (Å²) in [7, 11) is 0. The van der Waals surface area contributed by atoms with Crippen molar-refractivity contribution in [3.8, 4) is 0 Å². The molecule has 0 heterocycles. The molecular formula is C16H18FNS. The van der Waals surface area contributed by atoms with Gasteiger partial charge in [-0.25, -0.2) is 4.39 Å². The van der Waals surface area contributed by atoms with E-state index in [0.29, 0.717) is 5.69 Å². The molecule has 2 rings (SSSR count). The summed E-state index contributed by atoms with van der Waals surface area (Å²) in [5.74, 6) is -0.261. The topological polar surface area (TPSA) is 26.0 Å². The predicted octanol–water partition coefficient (Wildman–Crippen LogP) is 4.86. The minimum Gasteiger partial charge on any atom is -0.398 e. The van der Waals surface area contributed by atoms with Crippen LogP contribution < -0.4 is 5.73 Å². The molecule has 3 heteroatoms. The second-order valence-corrected chi connectivity index (χ2v) is 6.67. The van der Waals surface area contributed by atoms with Crippen LogP contribution >= 0.6 is 11.8 Å². The molecule has 0 saturated carbocycles. The van der Waals surface area contributed by atoms with E-state index in [2.05, 4.69) is 45.0 Å². The molecule has 0 atom stereocenters. The van der Waals surface area contributed by atoms with Gasteiger partial charge in [-0.1, -0.05) is 44.7 Å². The van der Waals surface area contributed by atoms with Crippen LogP contribution in [-0.4, -0.2) is 0 Å². The largest absolute Gasteiger partial charge is 0.398 e. The highest BCUT2D eigenvalue weighted by Crippen LogP contribution is 2.33. The molecule has 2 aromatic carbocycles. The Morgan fingerprint density at radius 3 is 2.21 bits per heavy atom. The van der Waals surface area contributed by atoms with E-state index < -0.39 is 0 Å². The maximum Gasteiger partial charge on any atom is 0.124 e. The van der Waals surface area contributed by atoms with Crippen LogP contribution in [0.15, 0.2) is 52.3 Å². The van der Waals surface area contributed by atoms with Crippen molar-refractivity contribution in [1.82, 2.24) is 0 Å². The maximum absolute atomic E-state index is 13.2. The molecule has 0 aromatic heterocycles. The molecule has 0 aliphatic carbocycles. The summed E-state index contributed by atoms with van der Waals surface area (Å²) >= 11 is 1.48. The smallest absolute Gasteiger partial charge is 0.124 e. The van der Waals surface area contributed by atoms with Crippen LogP contribution in [0.5, 0.6) is 0 Å². The van der Waals surface area contributed by atoms with Gasteiger partial charge < -0.3 is 5.73 Å². The van der Waals surface area contributed by atoms with Crippen LogP contribution in [-0.2, 0) is 5.41 Å². The molecule has 0 radical (unpaired) electrons. The fourth-order valence-electron chi connectivity index (χ4n) is 1.75. The highest BCUT2D eigenvalue weighted by molar-refractivity contribution is 7.99. The Labute approximate surface area is 118 Å². The predicted molar refractivity (Wildman–Crippen MR) is 80.1 cm³/mol. The highest BCUT2D eigenvalue weighted by atomic mass is 32.2. The van der Waals surface area contributed by atoms with Crippen LogP contribution in [0.4, 0.5) is 10.1 Å². The number of nitrogens with two attached hydrogens (primary N) is 1. The zero-order valence-corrected chi connectivity index (χ0v) is 12.2. The fourth-order valence-corrected chi connectivity index (χ4v) is 2.63. The van der Waals surface area contributed by atoms with Crippen molar-refractivity contribution in [2.75, 3.05) is 5.73 Å². The molecule has 0 spiro atoms. The van der Waals surface area contributed by atoms with Crippen LogP contribution in [0.2, 0.25) is 0 Å². The summed E-state index contributed by atoms with van der Waals surface area (Å²) in [6, 6.07) is 12.8. The average Bonchev–Trinajstić information content (AvgIpc) is 2.33. The summed E-state index contributed by atoms with van der Waals surface area (Å²) in [4.78, 5) is 1.81. The van der Waals surface area contributed by atoms with Crippen LogP contribution in [0.3, 0.4) is 0 Å². The average molecular weight is 275 g/mol. The van der Waals surface area contributed by atoms with Crippen molar-refractivity contribution in [2.24, 2.45) is 0 Å². The minimum absolute atomic E-state index is 0.140. The number of anilines is 1. The van der Waals surface area contributed by atoms with Crippen LogP contribution in [0, 0.1) is 5.82 Å². The van der Waals surface area contributed by atoms with Crippen LogP contribution in [0.1, 0.15) is 26.3 Å². The second kappa shape index (κ2) is 5.25. The first-order valence-corrected chi connectivity index (χ1v) is 7.01. The lowest BCUT2D eigenvalue weighted by molar-refractivity contribution is 0.590. The van der Waals surface area contributed by atoms with E-state index in [4.69, 9.17) is 5.73 Å². The fraction of sp³-hybridized carbons (Fsp3) is 0.250. The van der Waals surface area contributed by atoms with Gasteiger partial charge >= 0.3 is 0 Å². The molecule has 0 saturated heterocycles. The first-order valence-electron chi connectivity index (χ1n) is 6.20. The van der Waals surface area contributed by atoms with Gasteiger partial charge in [0.2, 0.25) is 0 Å². The minimum atomic E-state index is -0.261. The Morgan fingerprint density at radius 1 is 1.00 bits per heavy atom. The third-order valence-electron chi connectivity index (χ3n) is 2.92. The van der Waals surface area contributed by atoms with Crippen molar-refractivity contribution in [2.45, 2.75) is 36.0 Å². The van der Waals surface area contributed by atoms with Gasteiger partial charge in [0.1, 0.15) is 5.82 Å². The van der Waals surface area contributed by atoms with Crippen molar-refractivity contribution in [3.05, 3.63) is 53.8 Å². The number of hydrogen-bond donors (Lipinski definition) is 1. The Morgan fingerprint density at radius 2 is 1.63 bits per heavy atom. The Balaban J connectivity index is 2.22. The summed E-state index contributed by atoms with van der Waals surface area (Å²) in [6.45, 7) is 6.54. The number of nitrogen functional groups attached to an aromatic ring is 1. The molecule has 19 heavy (non-hydrogen) atoms. The highest BCUT2D eigenvalue weighted by Gasteiger charge is 2.13. The zero-order chi connectivity index (χ0) is 14.0. The first kappa shape index (κ1) is 13.9. The van der Waals surface area contributed by atoms with Crippen molar-refractivity contribution < 1.29 is 4.39 Å². The second-order valence-electron chi connectivity index (χ2n) is 5.56. The van der Waals surface area contributed by atoms with Crippen molar-refractivity contribution in [3.63, 3.8) is 0 Å². The summed E-state index contributed by atoms with van der Waals surface area (Å²) < 4.78 is 13.2. The molecule has 0 fully saturated rings. The van der Waals surface area contributed by atoms with Gasteiger partial charge in [0.25, 0.3) is 0 Å². The molecule has 0 amide bonds. The molecule has 0 unspecified atom stereocenters. The number of rotatable bonds is 2. The van der Waals surface area contributed by atoms with Crippen molar-refractivity contribution >= 4 is 17.4 Å². The van der Waals surface area contributed by atoms with Crippen LogP contribution in [0.25, 0.3) is 0 Å². The Bertz CT molecular complexity index is 570. The molecule has 0 aliphatic rings. The summed E-state index contributed by atoms with van der Waals surface area (Å²) in [5, 5.41) is 0. The molecular weight excluding hydrogens is 257 g/mol. The van der Waals surface area contributed by atoms with Gasteiger partial charge in [0.05, 0.1) is 0 Å². The molecule has 2 aromatic rings. The van der Waals surface area contributed by atoms with Gasteiger partial charge in [0.15, 0.2) is 0 Å². The third-order valence-corrected chi connectivity index (χ3v) is 4.01. The Hall–Kier alpha value is -1.48. The quantitative estimate of drug-likeness (QED) is 0.792. The number of benzene rings is 2. The van der Waals surface area contributed by atoms with E-state index in [1.165, 1.54) is 29.5 Å². The van der Waals surface area contributed by atoms with Crippen molar-refractivity contribution in [1.29, 1.82) is 0 Å². The molecule has 1 nitrogen and oxygen atoms in total. The van der Waals surface area contributed by atoms with Gasteiger partial charge in [0, 0.05) is 15.5 Å². The van der Waals surface area contributed by atoms with E-state index in [1.54, 1.807) is 6.07 Å². The molecule has 100 valence electrons. The molecule has 0 bridgehead atoms. The van der Waals surface area contributed by atoms with E-state index in [-0.39, 0.29) is 11.2 Å².